The highest BCUT2D eigenvalue weighted by molar-refractivity contribution is 7.99. The Morgan fingerprint density at radius 2 is 2.06 bits per heavy atom. The van der Waals surface area contributed by atoms with E-state index in [9.17, 15) is 0 Å². The summed E-state index contributed by atoms with van der Waals surface area (Å²) in [7, 11) is 0. The van der Waals surface area contributed by atoms with Crippen molar-refractivity contribution in [2.75, 3.05) is 18.1 Å². The lowest BCUT2D eigenvalue weighted by atomic mass is 9.91. The van der Waals surface area contributed by atoms with Crippen molar-refractivity contribution in [3.63, 3.8) is 0 Å². The topological polar surface area (TPSA) is 12.0 Å². The largest absolute Gasteiger partial charge is 0.310 e. The van der Waals surface area contributed by atoms with E-state index >= 15 is 0 Å². The van der Waals surface area contributed by atoms with E-state index in [-0.39, 0.29) is 0 Å². The Morgan fingerprint density at radius 1 is 1.29 bits per heavy atom. The molecule has 1 fully saturated rings. The van der Waals surface area contributed by atoms with E-state index in [4.69, 9.17) is 0 Å². The zero-order valence-corrected chi connectivity index (χ0v) is 11.7. The number of nitrogens with one attached hydrogen (secondary N) is 1. The number of aryl methyl sites for hydroxylation is 1. The van der Waals surface area contributed by atoms with E-state index in [1.54, 1.807) is 0 Å². The van der Waals surface area contributed by atoms with E-state index < -0.39 is 0 Å². The average molecular weight is 249 g/mol. The van der Waals surface area contributed by atoms with Crippen molar-refractivity contribution in [3.05, 3.63) is 35.4 Å². The third kappa shape index (κ3) is 3.26. The van der Waals surface area contributed by atoms with Gasteiger partial charge in [-0.05, 0) is 47.9 Å². The van der Waals surface area contributed by atoms with Gasteiger partial charge in [0.1, 0.15) is 0 Å². The summed E-state index contributed by atoms with van der Waals surface area (Å²) >= 11 is 2.10. The molecule has 0 saturated carbocycles. The Kier molecular flexibility index (Phi) is 4.93. The van der Waals surface area contributed by atoms with Crippen LogP contribution in [0.5, 0.6) is 0 Å². The van der Waals surface area contributed by atoms with E-state index in [0.717, 1.165) is 18.9 Å². The average Bonchev–Trinajstić information content (AvgIpc) is 2.90. The van der Waals surface area contributed by atoms with Crippen LogP contribution in [0, 0.1) is 5.92 Å². The normalized spacial score (nSPS) is 21.6. The molecule has 0 aromatic heterocycles. The third-order valence-electron chi connectivity index (χ3n) is 3.61. The van der Waals surface area contributed by atoms with Crippen LogP contribution in [0.3, 0.4) is 0 Å². The molecule has 94 valence electrons. The molecule has 1 aliphatic rings. The molecule has 0 amide bonds. The number of hydrogen-bond acceptors (Lipinski definition) is 2. The van der Waals surface area contributed by atoms with Crippen molar-refractivity contribution < 1.29 is 0 Å². The Bertz CT molecular complexity index is 327. The summed E-state index contributed by atoms with van der Waals surface area (Å²) in [5.74, 6) is 3.46. The molecule has 2 atom stereocenters. The molecule has 1 N–H and O–H groups in total. The monoisotopic (exact) mass is 249 g/mol. The van der Waals surface area contributed by atoms with Crippen LogP contribution in [0.4, 0.5) is 0 Å². The molecule has 1 aliphatic heterocycles. The van der Waals surface area contributed by atoms with Crippen LogP contribution in [0.2, 0.25) is 0 Å². The molecule has 0 aliphatic carbocycles. The second kappa shape index (κ2) is 6.46. The second-order valence-electron chi connectivity index (χ2n) is 4.75. The molecule has 1 nitrogen and oxygen atoms in total. The molecule has 1 aromatic rings. The summed E-state index contributed by atoms with van der Waals surface area (Å²) in [6.45, 7) is 5.47. The molecular weight excluding hydrogens is 226 g/mol. The smallest absolute Gasteiger partial charge is 0.0356 e. The summed E-state index contributed by atoms with van der Waals surface area (Å²) in [6, 6.07) is 9.74. The first kappa shape index (κ1) is 13.0. The van der Waals surface area contributed by atoms with Crippen molar-refractivity contribution in [2.45, 2.75) is 32.7 Å². The summed E-state index contributed by atoms with van der Waals surface area (Å²) in [5.41, 5.74) is 2.90. The van der Waals surface area contributed by atoms with E-state index in [1.807, 2.05) is 0 Å². The first-order valence-electron chi connectivity index (χ1n) is 6.75. The number of hydrogen-bond donors (Lipinski definition) is 1. The van der Waals surface area contributed by atoms with Gasteiger partial charge in [0.25, 0.3) is 0 Å². The van der Waals surface area contributed by atoms with Crippen LogP contribution in [0.15, 0.2) is 24.3 Å². The van der Waals surface area contributed by atoms with Gasteiger partial charge in [-0.3, -0.25) is 0 Å². The highest BCUT2D eigenvalue weighted by Crippen LogP contribution is 2.34. The highest BCUT2D eigenvalue weighted by Gasteiger charge is 2.25. The lowest BCUT2D eigenvalue weighted by molar-refractivity contribution is 0.401. The van der Waals surface area contributed by atoms with E-state index in [1.165, 1.54) is 29.1 Å². The fourth-order valence-corrected chi connectivity index (χ4v) is 3.85. The first-order chi connectivity index (χ1) is 8.35. The summed E-state index contributed by atoms with van der Waals surface area (Å²) < 4.78 is 0. The predicted molar refractivity (Wildman–Crippen MR) is 77.7 cm³/mol. The molecule has 1 heterocycles. The van der Waals surface area contributed by atoms with Crippen LogP contribution in [-0.4, -0.2) is 18.1 Å². The number of rotatable bonds is 5. The molecule has 17 heavy (non-hydrogen) atoms. The van der Waals surface area contributed by atoms with Gasteiger partial charge in [-0.25, -0.2) is 0 Å². The molecule has 0 spiro atoms. The molecule has 2 unspecified atom stereocenters. The minimum absolute atomic E-state index is 0.556. The Morgan fingerprint density at radius 3 is 2.59 bits per heavy atom. The van der Waals surface area contributed by atoms with Gasteiger partial charge in [0.05, 0.1) is 0 Å². The quantitative estimate of drug-likeness (QED) is 0.855. The van der Waals surface area contributed by atoms with Crippen molar-refractivity contribution in [1.82, 2.24) is 5.32 Å². The second-order valence-corrected chi connectivity index (χ2v) is 5.90. The maximum Gasteiger partial charge on any atom is 0.0356 e. The van der Waals surface area contributed by atoms with Gasteiger partial charge in [0.2, 0.25) is 0 Å². The molecule has 2 heteroatoms. The number of benzene rings is 1. The minimum Gasteiger partial charge on any atom is -0.310 e. The maximum atomic E-state index is 3.66. The molecule has 1 saturated heterocycles. The van der Waals surface area contributed by atoms with Gasteiger partial charge in [-0.1, -0.05) is 38.1 Å². The summed E-state index contributed by atoms with van der Waals surface area (Å²) in [4.78, 5) is 0. The maximum absolute atomic E-state index is 3.66. The summed E-state index contributed by atoms with van der Waals surface area (Å²) in [6.07, 6.45) is 2.49. The first-order valence-corrected chi connectivity index (χ1v) is 7.90. The van der Waals surface area contributed by atoms with Crippen LogP contribution in [0.25, 0.3) is 0 Å². The van der Waals surface area contributed by atoms with Crippen LogP contribution >= 0.6 is 11.8 Å². The van der Waals surface area contributed by atoms with Crippen molar-refractivity contribution in [2.24, 2.45) is 5.92 Å². The van der Waals surface area contributed by atoms with Crippen LogP contribution in [-0.2, 0) is 6.42 Å². The van der Waals surface area contributed by atoms with Crippen LogP contribution in [0.1, 0.15) is 37.4 Å². The molecule has 1 aromatic carbocycles. The third-order valence-corrected chi connectivity index (χ3v) is 4.80. The molecular formula is C15H23NS. The predicted octanol–water partition coefficient (Wildman–Crippen LogP) is 3.65. The Balaban J connectivity index is 2.12. The zero-order chi connectivity index (χ0) is 12.1. The van der Waals surface area contributed by atoms with E-state index in [2.05, 4.69) is 55.2 Å². The van der Waals surface area contributed by atoms with Gasteiger partial charge < -0.3 is 5.32 Å². The minimum atomic E-state index is 0.556. The fraction of sp³-hybridized carbons (Fsp3) is 0.600. The van der Waals surface area contributed by atoms with Crippen molar-refractivity contribution in [1.29, 1.82) is 0 Å². The van der Waals surface area contributed by atoms with Gasteiger partial charge in [0, 0.05) is 6.04 Å². The molecule has 0 bridgehead atoms. The van der Waals surface area contributed by atoms with Crippen LogP contribution < -0.4 is 5.32 Å². The van der Waals surface area contributed by atoms with Gasteiger partial charge in [-0.2, -0.15) is 11.8 Å². The Labute approximate surface area is 109 Å². The van der Waals surface area contributed by atoms with Gasteiger partial charge in [0.15, 0.2) is 0 Å². The lowest BCUT2D eigenvalue weighted by Crippen LogP contribution is -2.28. The Hall–Kier alpha value is -0.470. The SMILES string of the molecule is CCNC(c1ccc(CC)cc1)C1CCSC1. The van der Waals surface area contributed by atoms with Gasteiger partial charge >= 0.3 is 0 Å². The van der Waals surface area contributed by atoms with Crippen molar-refractivity contribution >= 4 is 11.8 Å². The number of thioether (sulfide) groups is 1. The zero-order valence-electron chi connectivity index (χ0n) is 10.9. The van der Waals surface area contributed by atoms with E-state index in [0.29, 0.717) is 6.04 Å². The molecule has 2 rings (SSSR count). The highest BCUT2D eigenvalue weighted by atomic mass is 32.2. The lowest BCUT2D eigenvalue weighted by Gasteiger charge is -2.24. The molecule has 0 radical (unpaired) electrons. The summed E-state index contributed by atoms with van der Waals surface area (Å²) in [5, 5.41) is 3.66. The fourth-order valence-electron chi connectivity index (χ4n) is 2.55. The standard InChI is InChI=1S/C15H23NS/c1-3-12-5-7-13(8-6-12)15(16-4-2)14-9-10-17-11-14/h5-8,14-16H,3-4,9-11H2,1-2H3. The van der Waals surface area contributed by atoms with Gasteiger partial charge in [-0.15, -0.1) is 0 Å². The van der Waals surface area contributed by atoms with Crippen molar-refractivity contribution in [3.8, 4) is 0 Å².